The Morgan fingerprint density at radius 1 is 1.00 bits per heavy atom. The number of aliphatic hydroxyl groups is 2. The predicted molar refractivity (Wildman–Crippen MR) is 205 cm³/mol. The maximum absolute atomic E-state index is 13.6. The van der Waals surface area contributed by atoms with Crippen molar-refractivity contribution in [3.63, 3.8) is 0 Å². The Labute approximate surface area is 326 Å². The molecule has 1 saturated heterocycles. The van der Waals surface area contributed by atoms with Crippen molar-refractivity contribution in [2.75, 3.05) is 44.8 Å². The third kappa shape index (κ3) is 16.5. The molecule has 1 aliphatic rings. The number of aliphatic carboxylic acids is 1. The van der Waals surface area contributed by atoms with Crippen LogP contribution in [0.25, 0.3) is 0 Å². The molecule has 3 rings (SSSR count). The van der Waals surface area contributed by atoms with Gasteiger partial charge in [-0.15, -0.1) is 0 Å². The van der Waals surface area contributed by atoms with Crippen LogP contribution in [-0.4, -0.2) is 131 Å². The zero-order valence-electron chi connectivity index (χ0n) is 32.4. The number of carboxylic acids is 1. The molecule has 0 spiro atoms. The van der Waals surface area contributed by atoms with Crippen molar-refractivity contribution in [3.05, 3.63) is 60.2 Å². The zero-order chi connectivity index (χ0) is 42.0. The van der Waals surface area contributed by atoms with E-state index in [4.69, 9.17) is 25.5 Å². The number of likely N-dealkylation sites (tertiary alicyclic amines) is 1. The van der Waals surface area contributed by atoms with Crippen LogP contribution in [0.4, 0.5) is 5.69 Å². The van der Waals surface area contributed by atoms with Gasteiger partial charge >= 0.3 is 0 Å². The number of rotatable bonds is 17. The van der Waals surface area contributed by atoms with Gasteiger partial charge in [0.05, 0.1) is 31.7 Å². The van der Waals surface area contributed by atoms with E-state index in [1.165, 1.54) is 9.80 Å². The summed E-state index contributed by atoms with van der Waals surface area (Å²) in [5.74, 6) is -4.27. The molecule has 1 heterocycles. The number of nitrogens with zero attached hydrogens (tertiary/aromatic N) is 2. The van der Waals surface area contributed by atoms with E-state index < -0.39 is 72.4 Å². The second-order valence-corrected chi connectivity index (χ2v) is 14.1. The van der Waals surface area contributed by atoms with Crippen LogP contribution in [0.2, 0.25) is 0 Å². The monoisotopic (exact) mass is 785 g/mol. The number of carboxylic acid groups (broad SMARTS) is 1. The number of benzene rings is 2. The van der Waals surface area contributed by atoms with Gasteiger partial charge in [-0.1, -0.05) is 30.3 Å². The van der Waals surface area contributed by atoms with Gasteiger partial charge in [-0.25, -0.2) is 0 Å². The highest BCUT2D eigenvalue weighted by Gasteiger charge is 2.40. The molecule has 0 bridgehead atoms. The van der Waals surface area contributed by atoms with E-state index in [0.717, 1.165) is 6.92 Å². The molecule has 2 aromatic rings. The van der Waals surface area contributed by atoms with E-state index in [2.05, 4.69) is 21.3 Å². The lowest BCUT2D eigenvalue weighted by molar-refractivity contribution is -0.147. The van der Waals surface area contributed by atoms with Crippen LogP contribution in [0.1, 0.15) is 52.5 Å². The fraction of sp³-hybridized carbons (Fsp3) is 0.500. The molecule has 0 aliphatic carbocycles. The molecule has 1 fully saturated rings. The van der Waals surface area contributed by atoms with Crippen molar-refractivity contribution in [3.8, 4) is 5.75 Å². The van der Waals surface area contributed by atoms with Gasteiger partial charge in [0.1, 0.15) is 11.8 Å². The van der Waals surface area contributed by atoms with Gasteiger partial charge < -0.3 is 51.5 Å². The molecule has 1 aliphatic heterocycles. The average Bonchev–Trinajstić information content (AvgIpc) is 3.63. The fourth-order valence-electron chi connectivity index (χ4n) is 5.48. The quantitative estimate of drug-likeness (QED) is 0.0901. The highest BCUT2D eigenvalue weighted by molar-refractivity contribution is 5.98. The number of aliphatic hydroxyl groups excluding tert-OH is 2. The van der Waals surface area contributed by atoms with Crippen LogP contribution in [0.5, 0.6) is 5.75 Å². The summed E-state index contributed by atoms with van der Waals surface area (Å²) in [6.07, 6.45) is -1.26. The Bertz CT molecular complexity index is 1630. The second kappa shape index (κ2) is 22.8. The summed E-state index contributed by atoms with van der Waals surface area (Å²) in [4.78, 5) is 88.7. The number of imide groups is 1. The summed E-state index contributed by atoms with van der Waals surface area (Å²) in [6.45, 7) is 6.55. The summed E-state index contributed by atoms with van der Waals surface area (Å²) in [7, 11) is 1.59. The third-order valence-corrected chi connectivity index (χ3v) is 8.15. The van der Waals surface area contributed by atoms with Crippen LogP contribution >= 0.6 is 0 Å². The maximum atomic E-state index is 13.6. The summed E-state index contributed by atoms with van der Waals surface area (Å²) in [5.41, 5.74) is 6.78. The average molecular weight is 786 g/mol. The predicted octanol–water partition coefficient (Wildman–Crippen LogP) is -0.945. The number of likely N-dealkylation sites (N-methyl/N-ethyl adjacent to an activating group) is 1. The highest BCUT2D eigenvalue weighted by atomic mass is 16.5. The molecule has 18 nitrogen and oxygen atoms in total. The molecule has 0 unspecified atom stereocenters. The minimum Gasteiger partial charge on any atom is -0.484 e. The van der Waals surface area contributed by atoms with Crippen LogP contribution in [0.15, 0.2) is 54.6 Å². The maximum Gasteiger partial charge on any atom is 0.300 e. The van der Waals surface area contributed by atoms with Crippen LogP contribution in [0.3, 0.4) is 0 Å². The van der Waals surface area contributed by atoms with E-state index in [0.29, 0.717) is 36.4 Å². The molecule has 6 amide bonds. The van der Waals surface area contributed by atoms with Gasteiger partial charge in [-0.05, 0) is 69.9 Å². The lowest BCUT2D eigenvalue weighted by Gasteiger charge is -2.32. The van der Waals surface area contributed by atoms with E-state index in [1.54, 1.807) is 61.6 Å². The zero-order valence-corrected chi connectivity index (χ0v) is 32.4. The van der Waals surface area contributed by atoms with Crippen LogP contribution in [0, 0.1) is 0 Å². The van der Waals surface area contributed by atoms with Gasteiger partial charge in [0, 0.05) is 38.3 Å². The third-order valence-electron chi connectivity index (χ3n) is 8.15. The van der Waals surface area contributed by atoms with Crippen molar-refractivity contribution >= 4 is 47.1 Å². The van der Waals surface area contributed by atoms with Crippen LogP contribution < -0.4 is 36.6 Å². The lowest BCUT2D eigenvalue weighted by Crippen LogP contribution is -2.58. The number of hydrogen-bond donors (Lipinski definition) is 8. The van der Waals surface area contributed by atoms with Gasteiger partial charge in [0.25, 0.3) is 17.8 Å². The number of anilines is 1. The van der Waals surface area contributed by atoms with Crippen molar-refractivity contribution < 1.29 is 53.6 Å². The SMILES string of the molecule is CC(=O)O.CN(C(=O)CNCCO)c1ccc(OCC(=O)NC(=O)C[C@H](N)C(=O)N[C@@H](Cc2ccccc2)[C@H](O)C(=O)N2CCC[C@H]2C(=O)NC(C)(C)C)cc1. The van der Waals surface area contributed by atoms with Crippen molar-refractivity contribution in [1.29, 1.82) is 0 Å². The Kier molecular flexibility index (Phi) is 19.0. The van der Waals surface area contributed by atoms with E-state index in [-0.39, 0.29) is 37.9 Å². The largest absolute Gasteiger partial charge is 0.484 e. The Hall–Kier alpha value is -5.43. The molecule has 18 heteroatoms. The molecule has 0 radical (unpaired) electrons. The van der Waals surface area contributed by atoms with Crippen molar-refractivity contribution in [2.45, 2.75) is 83.1 Å². The Morgan fingerprint density at radius 2 is 1.62 bits per heavy atom. The number of nitrogens with one attached hydrogen (secondary N) is 4. The first-order valence-corrected chi connectivity index (χ1v) is 18.1. The molecular formula is C38H55N7O11. The van der Waals surface area contributed by atoms with E-state index >= 15 is 0 Å². The van der Waals surface area contributed by atoms with E-state index in [1.807, 2.05) is 20.8 Å². The summed E-state index contributed by atoms with van der Waals surface area (Å²) >= 11 is 0. The first kappa shape index (κ1) is 46.7. The molecule has 9 N–H and O–H groups in total. The molecule has 0 saturated carbocycles. The first-order valence-electron chi connectivity index (χ1n) is 18.1. The lowest BCUT2D eigenvalue weighted by atomic mass is 9.99. The number of nitrogens with two attached hydrogens (primary N) is 1. The van der Waals surface area contributed by atoms with Gasteiger partial charge in [0.2, 0.25) is 23.6 Å². The number of ether oxygens (including phenoxy) is 1. The standard InChI is InChI=1S/C36H51N7O9.C2H4O2/c1-36(2,3)41-34(50)28-11-8-17-43(28)35(51)32(48)27(19-23-9-6-5-7-10-23)39-33(49)26(37)20-29(45)40-30(46)22-52-25-14-12-24(13-15-25)42(4)31(47)21-38-16-18-44;1-2(3)4/h5-7,9-10,12-15,26-28,32,38,44,48H,8,11,16-22,37H2,1-4H3,(H,39,49)(H,41,50)(H,40,45,46);1H3,(H,3,4)/t26-,27-,28-,32-;/m0./s1. The minimum absolute atomic E-state index is 0.0448. The van der Waals surface area contributed by atoms with Gasteiger partial charge in [0.15, 0.2) is 12.7 Å². The van der Waals surface area contributed by atoms with E-state index in [9.17, 15) is 33.9 Å². The number of amides is 6. The minimum atomic E-state index is -1.73. The Morgan fingerprint density at radius 3 is 2.21 bits per heavy atom. The van der Waals surface area contributed by atoms with Crippen molar-refractivity contribution in [2.24, 2.45) is 5.73 Å². The molecule has 308 valence electrons. The Balaban J connectivity index is 0.00000258. The summed E-state index contributed by atoms with van der Waals surface area (Å²) in [5, 5.41) is 37.9. The number of carbonyl (C=O) groups is 7. The first-order chi connectivity index (χ1) is 26.3. The smallest absolute Gasteiger partial charge is 0.300 e. The molecule has 0 aromatic heterocycles. The summed E-state index contributed by atoms with van der Waals surface area (Å²) < 4.78 is 5.43. The summed E-state index contributed by atoms with van der Waals surface area (Å²) in [6, 6.07) is 11.8. The molecule has 56 heavy (non-hydrogen) atoms. The number of carbonyl (C=O) groups excluding carboxylic acids is 6. The van der Waals surface area contributed by atoms with Gasteiger partial charge in [-0.2, -0.15) is 0 Å². The second-order valence-electron chi connectivity index (χ2n) is 14.1. The van der Waals surface area contributed by atoms with Crippen molar-refractivity contribution in [1.82, 2.24) is 26.2 Å². The fourth-order valence-corrected chi connectivity index (χ4v) is 5.48. The van der Waals surface area contributed by atoms with Gasteiger partial charge in [-0.3, -0.25) is 38.9 Å². The normalized spacial score (nSPS) is 15.2. The molecule has 2 aromatic carbocycles. The molecular weight excluding hydrogens is 730 g/mol. The highest BCUT2D eigenvalue weighted by Crippen LogP contribution is 2.22. The van der Waals surface area contributed by atoms with Crippen LogP contribution in [-0.2, 0) is 40.0 Å². The topological polar surface area (TPSA) is 270 Å². The molecule has 4 atom stereocenters. The number of hydrogen-bond acceptors (Lipinski definition) is 12.